The molecule has 0 bridgehead atoms. The first-order valence-corrected chi connectivity index (χ1v) is 12.1. The molecular formula is C27H33FN2O4. The van der Waals surface area contributed by atoms with Crippen molar-refractivity contribution < 1.29 is 23.4 Å². The first-order valence-electron chi connectivity index (χ1n) is 12.1. The van der Waals surface area contributed by atoms with Crippen molar-refractivity contribution >= 4 is 16.9 Å². The average molecular weight is 469 g/mol. The Kier molecular flexibility index (Phi) is 8.16. The topological polar surface area (TPSA) is 75.8 Å². The van der Waals surface area contributed by atoms with Gasteiger partial charge in [-0.25, -0.2) is 4.39 Å². The van der Waals surface area contributed by atoms with Gasteiger partial charge >= 0.3 is 5.97 Å². The highest BCUT2D eigenvalue weighted by Crippen LogP contribution is 2.36. The van der Waals surface area contributed by atoms with Crippen LogP contribution in [0.3, 0.4) is 0 Å². The second kappa shape index (κ2) is 11.5. The zero-order chi connectivity index (χ0) is 23.9. The summed E-state index contributed by atoms with van der Waals surface area (Å²) in [6.45, 7) is 2.59. The minimum absolute atomic E-state index is 0.0383. The molecule has 34 heavy (non-hydrogen) atoms. The third kappa shape index (κ3) is 6.14. The number of rotatable bonds is 11. The lowest BCUT2D eigenvalue weighted by Crippen LogP contribution is -2.42. The maximum absolute atomic E-state index is 15.4. The van der Waals surface area contributed by atoms with Crippen molar-refractivity contribution in [1.29, 1.82) is 0 Å². The molecule has 0 unspecified atom stereocenters. The van der Waals surface area contributed by atoms with Crippen LogP contribution in [0.5, 0.6) is 5.75 Å². The molecule has 1 aliphatic rings. The molecule has 0 saturated carbocycles. The summed E-state index contributed by atoms with van der Waals surface area (Å²) < 4.78 is 26.1. The highest BCUT2D eigenvalue weighted by atomic mass is 19.1. The number of nitrogens with zero attached hydrogens (tertiary/aromatic N) is 2. The molecule has 2 aromatic heterocycles. The molecule has 3 aromatic rings. The Morgan fingerprint density at radius 3 is 2.97 bits per heavy atom. The molecule has 1 aromatic carbocycles. The fourth-order valence-electron chi connectivity index (χ4n) is 5.19. The zero-order valence-corrected chi connectivity index (χ0v) is 19.7. The number of aryl methyl sites for hydroxylation is 1. The van der Waals surface area contributed by atoms with Gasteiger partial charge in [0.05, 0.1) is 18.9 Å². The number of fused-ring (bicyclic) bond motifs is 1. The Hall–Kier alpha value is -2.93. The van der Waals surface area contributed by atoms with E-state index in [0.717, 1.165) is 55.6 Å². The second-order valence-electron chi connectivity index (χ2n) is 9.22. The van der Waals surface area contributed by atoms with Gasteiger partial charge in [-0.15, -0.1) is 0 Å². The van der Waals surface area contributed by atoms with E-state index in [9.17, 15) is 9.90 Å². The highest BCUT2D eigenvalue weighted by Gasteiger charge is 2.31. The Balaban J connectivity index is 1.35. The summed E-state index contributed by atoms with van der Waals surface area (Å²) in [6.07, 6.45) is 6.13. The van der Waals surface area contributed by atoms with E-state index in [1.54, 1.807) is 25.6 Å². The molecule has 1 saturated heterocycles. The third-order valence-electron chi connectivity index (χ3n) is 7.00. The highest BCUT2D eigenvalue weighted by molar-refractivity contribution is 5.83. The van der Waals surface area contributed by atoms with Gasteiger partial charge in [-0.3, -0.25) is 9.78 Å². The van der Waals surface area contributed by atoms with Crippen LogP contribution >= 0.6 is 0 Å². The van der Waals surface area contributed by atoms with Gasteiger partial charge in [0.2, 0.25) is 0 Å². The summed E-state index contributed by atoms with van der Waals surface area (Å²) >= 11 is 0. The Morgan fingerprint density at radius 2 is 2.21 bits per heavy atom. The number of aromatic nitrogens is 1. The first kappa shape index (κ1) is 24.2. The van der Waals surface area contributed by atoms with Crippen molar-refractivity contribution in [3.8, 4) is 5.75 Å². The number of carboxylic acids is 1. The molecule has 6 nitrogen and oxygen atoms in total. The minimum Gasteiger partial charge on any atom is -0.497 e. The Bertz CT molecular complexity index is 1070. The number of ether oxygens (including phenoxy) is 1. The molecule has 0 radical (unpaired) electrons. The van der Waals surface area contributed by atoms with Crippen LogP contribution in [0.15, 0.2) is 53.3 Å². The average Bonchev–Trinajstić information content (AvgIpc) is 3.36. The number of alkyl halides is 1. The van der Waals surface area contributed by atoms with Gasteiger partial charge in [0.25, 0.3) is 0 Å². The van der Waals surface area contributed by atoms with Crippen LogP contribution in [-0.4, -0.2) is 47.7 Å². The predicted molar refractivity (Wildman–Crippen MR) is 129 cm³/mol. The summed E-state index contributed by atoms with van der Waals surface area (Å²) in [6, 6.07) is 11.1. The van der Waals surface area contributed by atoms with E-state index in [0.29, 0.717) is 24.2 Å². The monoisotopic (exact) mass is 468 g/mol. The molecule has 1 aliphatic heterocycles. The van der Waals surface area contributed by atoms with Crippen LogP contribution in [0, 0.1) is 11.8 Å². The fourth-order valence-corrected chi connectivity index (χ4v) is 5.19. The molecule has 182 valence electrons. The standard InChI is InChI=1S/C27H33FN2O4/c1-33-22-7-9-26-24(17-22)23(10-12-29-26)25(28)8-6-19-11-14-30(18-20(19)16-27(31)32)13-2-4-21-5-3-15-34-21/h3,5,7,9-10,12,15,17,19-20,25H,2,4,6,8,11,13-14,16,18H2,1H3,(H,31,32)/t19-,20+,25-/m1/s1. The largest absolute Gasteiger partial charge is 0.497 e. The number of furan rings is 1. The summed E-state index contributed by atoms with van der Waals surface area (Å²) in [7, 11) is 1.59. The van der Waals surface area contributed by atoms with E-state index in [1.807, 2.05) is 30.3 Å². The molecule has 0 aliphatic carbocycles. The van der Waals surface area contributed by atoms with Crippen LogP contribution in [0.2, 0.25) is 0 Å². The van der Waals surface area contributed by atoms with Gasteiger partial charge in [-0.1, -0.05) is 0 Å². The van der Waals surface area contributed by atoms with Crippen molar-refractivity contribution in [2.45, 2.75) is 44.7 Å². The smallest absolute Gasteiger partial charge is 0.303 e. The van der Waals surface area contributed by atoms with E-state index in [-0.39, 0.29) is 18.3 Å². The SMILES string of the molecule is COc1ccc2nccc([C@H](F)CC[C@@H]3CCN(CCCc4ccco4)C[C@@H]3CC(=O)O)c2c1. The van der Waals surface area contributed by atoms with Gasteiger partial charge in [0, 0.05) is 31.0 Å². The van der Waals surface area contributed by atoms with Crippen molar-refractivity contribution in [2.24, 2.45) is 11.8 Å². The van der Waals surface area contributed by atoms with Crippen LogP contribution in [0.4, 0.5) is 4.39 Å². The van der Waals surface area contributed by atoms with Gasteiger partial charge in [0.1, 0.15) is 17.7 Å². The molecule has 4 rings (SSSR count). The Morgan fingerprint density at radius 1 is 1.32 bits per heavy atom. The summed E-state index contributed by atoms with van der Waals surface area (Å²) in [5.41, 5.74) is 1.36. The second-order valence-corrected chi connectivity index (χ2v) is 9.22. The number of hydrogen-bond acceptors (Lipinski definition) is 5. The maximum Gasteiger partial charge on any atom is 0.303 e. The summed E-state index contributed by atoms with van der Waals surface area (Å²) in [4.78, 5) is 18.2. The molecule has 0 amide bonds. The number of pyridine rings is 1. The lowest BCUT2D eigenvalue weighted by molar-refractivity contribution is -0.139. The maximum atomic E-state index is 15.4. The lowest BCUT2D eigenvalue weighted by Gasteiger charge is -2.38. The van der Waals surface area contributed by atoms with Crippen molar-refractivity contribution in [3.63, 3.8) is 0 Å². The number of hydrogen-bond donors (Lipinski definition) is 1. The zero-order valence-electron chi connectivity index (χ0n) is 19.7. The number of benzene rings is 1. The van der Waals surface area contributed by atoms with E-state index in [1.165, 1.54) is 0 Å². The number of carbonyl (C=O) groups is 1. The predicted octanol–water partition coefficient (Wildman–Crippen LogP) is 5.67. The molecule has 0 spiro atoms. The molecule has 7 heteroatoms. The number of likely N-dealkylation sites (tertiary alicyclic amines) is 1. The number of halogens is 1. The third-order valence-corrected chi connectivity index (χ3v) is 7.00. The van der Waals surface area contributed by atoms with Gasteiger partial charge in [-0.2, -0.15) is 0 Å². The van der Waals surface area contributed by atoms with Crippen LogP contribution < -0.4 is 4.74 Å². The molecule has 3 heterocycles. The first-order chi connectivity index (χ1) is 16.5. The quantitative estimate of drug-likeness (QED) is 0.391. The number of carboxylic acid groups (broad SMARTS) is 1. The van der Waals surface area contributed by atoms with Gasteiger partial charge < -0.3 is 19.2 Å². The number of piperidine rings is 1. The van der Waals surface area contributed by atoms with Crippen molar-refractivity contribution in [3.05, 3.63) is 60.2 Å². The van der Waals surface area contributed by atoms with Crippen LogP contribution in [0.25, 0.3) is 10.9 Å². The fraction of sp³-hybridized carbons (Fsp3) is 0.481. The van der Waals surface area contributed by atoms with E-state index >= 15 is 4.39 Å². The Labute approximate surface area is 199 Å². The van der Waals surface area contributed by atoms with Crippen molar-refractivity contribution in [2.75, 3.05) is 26.7 Å². The van der Waals surface area contributed by atoms with E-state index < -0.39 is 12.1 Å². The molecular weight excluding hydrogens is 435 g/mol. The van der Waals surface area contributed by atoms with Gasteiger partial charge in [0.15, 0.2) is 0 Å². The van der Waals surface area contributed by atoms with Crippen LogP contribution in [-0.2, 0) is 11.2 Å². The molecule has 1 N–H and O–H groups in total. The lowest BCUT2D eigenvalue weighted by atomic mass is 9.79. The number of methoxy groups -OCH3 is 1. The van der Waals surface area contributed by atoms with Crippen molar-refractivity contribution in [1.82, 2.24) is 9.88 Å². The van der Waals surface area contributed by atoms with Gasteiger partial charge in [-0.05, 0) is 92.6 Å². The summed E-state index contributed by atoms with van der Waals surface area (Å²) in [5, 5.41) is 10.2. The van der Waals surface area contributed by atoms with Crippen LogP contribution in [0.1, 0.15) is 49.6 Å². The molecule has 3 atom stereocenters. The normalized spacial score (nSPS) is 19.8. The molecule has 1 fully saturated rings. The summed E-state index contributed by atoms with van der Waals surface area (Å²) in [5.74, 6) is 1.12. The minimum atomic E-state index is -1.13. The number of aliphatic carboxylic acids is 1. The van der Waals surface area contributed by atoms with E-state index in [4.69, 9.17) is 9.15 Å². The van der Waals surface area contributed by atoms with E-state index in [2.05, 4.69) is 9.88 Å².